The maximum Gasteiger partial charge on any atom is 0.338 e. The van der Waals surface area contributed by atoms with Crippen LogP contribution in [-0.4, -0.2) is 39.3 Å². The van der Waals surface area contributed by atoms with E-state index < -0.39 is 0 Å². The zero-order valence-electron chi connectivity index (χ0n) is 17.4. The minimum atomic E-state index is -0.322. The number of esters is 1. The zero-order chi connectivity index (χ0) is 21.1. The average molecular weight is 409 g/mol. The molecular formula is C22H28N6O2. The Labute approximate surface area is 175 Å². The smallest absolute Gasteiger partial charge is 0.338 e. The Hall–Kier alpha value is -3.13. The van der Waals surface area contributed by atoms with Gasteiger partial charge in [0.05, 0.1) is 18.4 Å². The van der Waals surface area contributed by atoms with E-state index in [9.17, 15) is 4.79 Å². The molecule has 30 heavy (non-hydrogen) atoms. The van der Waals surface area contributed by atoms with E-state index in [1.165, 1.54) is 0 Å². The second-order valence-corrected chi connectivity index (χ2v) is 7.71. The van der Waals surface area contributed by atoms with Crippen LogP contribution in [0.1, 0.15) is 48.5 Å². The molecule has 1 fully saturated rings. The van der Waals surface area contributed by atoms with Crippen molar-refractivity contribution in [1.82, 2.24) is 14.6 Å². The van der Waals surface area contributed by atoms with Gasteiger partial charge >= 0.3 is 5.97 Å². The van der Waals surface area contributed by atoms with Crippen LogP contribution in [0.3, 0.4) is 0 Å². The number of aromatic nitrogens is 3. The Bertz CT molecular complexity index is 1020. The highest BCUT2D eigenvalue weighted by Crippen LogP contribution is 2.29. The van der Waals surface area contributed by atoms with Crippen LogP contribution in [0, 0.1) is 6.92 Å². The first kappa shape index (κ1) is 20.2. The molecule has 4 N–H and O–H groups in total. The predicted molar refractivity (Wildman–Crippen MR) is 117 cm³/mol. The molecule has 1 saturated carbocycles. The molecule has 1 aliphatic rings. The summed E-state index contributed by atoms with van der Waals surface area (Å²) in [6.07, 6.45) is 5.89. The lowest BCUT2D eigenvalue weighted by Crippen LogP contribution is -2.33. The molecule has 2 aromatic heterocycles. The van der Waals surface area contributed by atoms with Crippen molar-refractivity contribution in [3.05, 3.63) is 47.7 Å². The third-order valence-corrected chi connectivity index (χ3v) is 5.54. The average Bonchev–Trinajstić information content (AvgIpc) is 3.21. The number of rotatable bonds is 6. The summed E-state index contributed by atoms with van der Waals surface area (Å²) in [7, 11) is 0. The molecule has 8 nitrogen and oxygen atoms in total. The molecule has 8 heteroatoms. The summed E-state index contributed by atoms with van der Waals surface area (Å²) < 4.78 is 6.84. The minimum absolute atomic E-state index is 0.309. The van der Waals surface area contributed by atoms with E-state index >= 15 is 0 Å². The van der Waals surface area contributed by atoms with Crippen molar-refractivity contribution in [1.29, 1.82) is 0 Å². The maximum absolute atomic E-state index is 11.9. The predicted octanol–water partition coefficient (Wildman–Crippen LogP) is 3.64. The SMILES string of the molecule is CCOC(=O)c1ccc(Nc2c(C)c(NC3CCC(N)CC3)nc3ccnn23)cc1. The van der Waals surface area contributed by atoms with Gasteiger partial charge in [0.25, 0.3) is 0 Å². The van der Waals surface area contributed by atoms with Gasteiger partial charge in [0.1, 0.15) is 11.6 Å². The topological polar surface area (TPSA) is 107 Å². The highest BCUT2D eigenvalue weighted by atomic mass is 16.5. The van der Waals surface area contributed by atoms with Crippen molar-refractivity contribution in [3.63, 3.8) is 0 Å². The van der Waals surface area contributed by atoms with Crippen molar-refractivity contribution in [2.24, 2.45) is 5.73 Å². The Morgan fingerprint density at radius 3 is 2.63 bits per heavy atom. The molecule has 0 atom stereocenters. The summed E-state index contributed by atoms with van der Waals surface area (Å²) in [5.41, 5.74) is 9.16. The fourth-order valence-corrected chi connectivity index (χ4v) is 3.81. The van der Waals surface area contributed by atoms with Gasteiger partial charge in [-0.25, -0.2) is 9.78 Å². The Morgan fingerprint density at radius 1 is 1.20 bits per heavy atom. The van der Waals surface area contributed by atoms with Crippen LogP contribution in [0.4, 0.5) is 17.3 Å². The van der Waals surface area contributed by atoms with E-state index in [0.29, 0.717) is 24.3 Å². The lowest BCUT2D eigenvalue weighted by molar-refractivity contribution is 0.0526. The fraction of sp³-hybridized carbons (Fsp3) is 0.409. The van der Waals surface area contributed by atoms with Crippen LogP contribution in [0.2, 0.25) is 0 Å². The number of hydrogen-bond donors (Lipinski definition) is 3. The first-order valence-electron chi connectivity index (χ1n) is 10.5. The number of carbonyl (C=O) groups is 1. The Balaban J connectivity index is 1.59. The first-order chi connectivity index (χ1) is 14.5. The molecule has 0 aliphatic heterocycles. The summed E-state index contributed by atoms with van der Waals surface area (Å²) in [6, 6.07) is 9.79. The summed E-state index contributed by atoms with van der Waals surface area (Å²) in [6.45, 7) is 4.18. The van der Waals surface area contributed by atoms with Crippen molar-refractivity contribution < 1.29 is 9.53 Å². The highest BCUT2D eigenvalue weighted by molar-refractivity contribution is 5.90. The quantitative estimate of drug-likeness (QED) is 0.535. The molecule has 1 aliphatic carbocycles. The molecule has 3 aromatic rings. The number of nitrogens with two attached hydrogens (primary N) is 1. The molecule has 0 saturated heterocycles. The van der Waals surface area contributed by atoms with E-state index in [1.807, 2.05) is 25.1 Å². The van der Waals surface area contributed by atoms with Crippen LogP contribution in [0.15, 0.2) is 36.5 Å². The fourth-order valence-electron chi connectivity index (χ4n) is 3.81. The third-order valence-electron chi connectivity index (χ3n) is 5.54. The number of nitrogens with zero attached hydrogens (tertiary/aromatic N) is 3. The number of hydrogen-bond acceptors (Lipinski definition) is 7. The van der Waals surface area contributed by atoms with E-state index in [4.69, 9.17) is 15.5 Å². The van der Waals surface area contributed by atoms with Gasteiger partial charge in [-0.05, 0) is 63.8 Å². The summed E-state index contributed by atoms with van der Waals surface area (Å²) >= 11 is 0. The van der Waals surface area contributed by atoms with E-state index in [0.717, 1.165) is 54.2 Å². The van der Waals surface area contributed by atoms with E-state index in [2.05, 4.69) is 15.7 Å². The van der Waals surface area contributed by atoms with Crippen molar-refractivity contribution >= 4 is 28.9 Å². The first-order valence-corrected chi connectivity index (χ1v) is 10.5. The molecule has 4 rings (SSSR count). The van der Waals surface area contributed by atoms with Crippen molar-refractivity contribution in [2.45, 2.75) is 51.6 Å². The molecule has 0 amide bonds. The molecule has 0 radical (unpaired) electrons. The molecule has 2 heterocycles. The molecule has 158 valence electrons. The third kappa shape index (κ3) is 4.23. The number of fused-ring (bicyclic) bond motifs is 1. The van der Waals surface area contributed by atoms with Crippen molar-refractivity contribution in [3.8, 4) is 0 Å². The number of carbonyl (C=O) groups excluding carboxylic acids is 1. The van der Waals surface area contributed by atoms with Gasteiger partial charge in [-0.15, -0.1) is 0 Å². The van der Waals surface area contributed by atoms with E-state index in [1.54, 1.807) is 29.8 Å². The van der Waals surface area contributed by atoms with Crippen molar-refractivity contribution in [2.75, 3.05) is 17.2 Å². The lowest BCUT2D eigenvalue weighted by atomic mass is 9.92. The van der Waals surface area contributed by atoms with Crippen LogP contribution >= 0.6 is 0 Å². The van der Waals surface area contributed by atoms with Gasteiger partial charge in [-0.1, -0.05) is 0 Å². The molecule has 0 unspecified atom stereocenters. The number of ether oxygens (including phenoxy) is 1. The summed E-state index contributed by atoms with van der Waals surface area (Å²) in [5, 5.41) is 11.5. The second-order valence-electron chi connectivity index (χ2n) is 7.71. The van der Waals surface area contributed by atoms with Crippen LogP contribution in [0.25, 0.3) is 5.65 Å². The Kier molecular flexibility index (Phi) is 5.85. The monoisotopic (exact) mass is 408 g/mol. The minimum Gasteiger partial charge on any atom is -0.462 e. The van der Waals surface area contributed by atoms with Gasteiger partial charge < -0.3 is 21.1 Å². The van der Waals surface area contributed by atoms with Crippen LogP contribution < -0.4 is 16.4 Å². The van der Waals surface area contributed by atoms with Gasteiger partial charge in [-0.3, -0.25) is 0 Å². The maximum atomic E-state index is 11.9. The largest absolute Gasteiger partial charge is 0.462 e. The number of nitrogens with one attached hydrogen (secondary N) is 2. The standard InChI is InChI=1S/C22H28N6O2/c1-3-30-22(29)15-4-8-18(9-5-15)26-21-14(2)20(27-19-12-13-24-28(19)21)25-17-10-6-16(23)7-11-17/h4-5,8-9,12-13,16-17,26H,3,6-7,10-11,23H2,1-2H3,(H,25,27). The number of benzene rings is 1. The van der Waals surface area contributed by atoms with Gasteiger partial charge in [-0.2, -0.15) is 9.61 Å². The van der Waals surface area contributed by atoms with Gasteiger partial charge in [0, 0.05) is 29.4 Å². The van der Waals surface area contributed by atoms with Gasteiger partial charge in [0.2, 0.25) is 0 Å². The lowest BCUT2D eigenvalue weighted by Gasteiger charge is -2.28. The van der Waals surface area contributed by atoms with Crippen LogP contribution in [0.5, 0.6) is 0 Å². The molecular weight excluding hydrogens is 380 g/mol. The normalized spacial score (nSPS) is 18.9. The Morgan fingerprint density at radius 2 is 1.93 bits per heavy atom. The zero-order valence-corrected chi connectivity index (χ0v) is 17.4. The summed E-state index contributed by atoms with van der Waals surface area (Å²) in [5.74, 6) is 1.37. The molecule has 0 bridgehead atoms. The van der Waals surface area contributed by atoms with Crippen LogP contribution in [-0.2, 0) is 4.74 Å². The van der Waals surface area contributed by atoms with E-state index in [-0.39, 0.29) is 5.97 Å². The number of anilines is 3. The van der Waals surface area contributed by atoms with Gasteiger partial charge in [0.15, 0.2) is 5.65 Å². The molecule has 1 aromatic carbocycles. The molecule has 0 spiro atoms. The second kappa shape index (κ2) is 8.71. The summed E-state index contributed by atoms with van der Waals surface area (Å²) in [4.78, 5) is 16.6. The highest BCUT2D eigenvalue weighted by Gasteiger charge is 2.21.